The van der Waals surface area contributed by atoms with E-state index in [-0.39, 0.29) is 12.3 Å². The number of ether oxygens (including phenoxy) is 1. The second kappa shape index (κ2) is 7.75. The molecule has 4 rings (SSSR count). The summed E-state index contributed by atoms with van der Waals surface area (Å²) in [6.07, 6.45) is 5.74. The summed E-state index contributed by atoms with van der Waals surface area (Å²) in [5.41, 5.74) is 5.40. The van der Waals surface area contributed by atoms with Crippen molar-refractivity contribution in [1.29, 1.82) is 0 Å². The topological polar surface area (TPSA) is 119 Å². The predicted molar refractivity (Wildman–Crippen MR) is 109 cm³/mol. The molecule has 2 aromatic rings. The van der Waals surface area contributed by atoms with Crippen LogP contribution in [0.1, 0.15) is 52.5 Å². The molecule has 30 heavy (non-hydrogen) atoms. The first-order valence-electron chi connectivity index (χ1n) is 10.0. The molecule has 0 atom stereocenters. The lowest BCUT2D eigenvalue weighted by molar-refractivity contribution is 0.0513. The normalized spacial score (nSPS) is 14.9. The molecule has 2 amide bonds. The van der Waals surface area contributed by atoms with Crippen LogP contribution in [0.3, 0.4) is 0 Å². The molecule has 0 spiro atoms. The number of rotatable bonds is 5. The number of amides is 2. The number of nitrogens with zero attached hydrogens (tertiary/aromatic N) is 2. The molecule has 0 aliphatic heterocycles. The van der Waals surface area contributed by atoms with Gasteiger partial charge < -0.3 is 10.1 Å². The van der Waals surface area contributed by atoms with Gasteiger partial charge in [-0.25, -0.2) is 14.3 Å². The molecular formula is C20H24N4O5S. The summed E-state index contributed by atoms with van der Waals surface area (Å²) in [5.74, 6) is -0.686. The van der Waals surface area contributed by atoms with Crippen LogP contribution < -0.4 is 10.0 Å². The van der Waals surface area contributed by atoms with Crippen LogP contribution in [0.4, 0.5) is 10.5 Å². The van der Waals surface area contributed by atoms with E-state index >= 15 is 0 Å². The number of nitrogens with one attached hydrogen (secondary N) is 2. The number of fused-ring (bicyclic) bond motifs is 2. The molecule has 1 aromatic carbocycles. The average molecular weight is 433 g/mol. The smallest absolute Gasteiger partial charge is 0.356 e. The Morgan fingerprint density at radius 1 is 1.10 bits per heavy atom. The number of sulfonamides is 1. The quantitative estimate of drug-likeness (QED) is 0.698. The highest BCUT2D eigenvalue weighted by Gasteiger charge is 2.28. The van der Waals surface area contributed by atoms with Crippen molar-refractivity contribution < 1.29 is 22.7 Å². The highest BCUT2D eigenvalue weighted by atomic mass is 32.2. The van der Waals surface area contributed by atoms with Crippen LogP contribution in [-0.4, -0.2) is 36.8 Å². The van der Waals surface area contributed by atoms with Crippen molar-refractivity contribution >= 4 is 27.7 Å². The molecule has 0 unspecified atom stereocenters. The number of hydrogen-bond acceptors (Lipinski definition) is 6. The summed E-state index contributed by atoms with van der Waals surface area (Å²) < 4.78 is 33.3. The van der Waals surface area contributed by atoms with Crippen LogP contribution in [-0.2, 0) is 47.5 Å². The summed E-state index contributed by atoms with van der Waals surface area (Å²) in [4.78, 5) is 24.5. The van der Waals surface area contributed by atoms with Gasteiger partial charge >= 0.3 is 12.0 Å². The Labute approximate surface area is 174 Å². The summed E-state index contributed by atoms with van der Waals surface area (Å²) in [7, 11) is -2.83. The highest BCUT2D eigenvalue weighted by Crippen LogP contribution is 2.38. The Hall–Kier alpha value is -2.88. The van der Waals surface area contributed by atoms with Crippen molar-refractivity contribution in [2.75, 3.05) is 11.9 Å². The van der Waals surface area contributed by atoms with Gasteiger partial charge in [-0.3, -0.25) is 4.68 Å². The molecule has 2 N–H and O–H groups in total. The molecule has 1 heterocycles. The molecule has 2 aliphatic rings. The zero-order chi connectivity index (χ0) is 21.5. The molecular weight excluding hydrogens is 408 g/mol. The highest BCUT2D eigenvalue weighted by molar-refractivity contribution is 7.90. The number of esters is 1. The maximum Gasteiger partial charge on any atom is 0.356 e. The number of hydrogen-bond donors (Lipinski definition) is 2. The molecule has 2 aliphatic carbocycles. The van der Waals surface area contributed by atoms with Gasteiger partial charge in [0.1, 0.15) is 5.69 Å². The number of benzene rings is 1. The van der Waals surface area contributed by atoms with Gasteiger partial charge in [0.2, 0.25) is 0 Å². The van der Waals surface area contributed by atoms with E-state index in [4.69, 9.17) is 4.74 Å². The monoisotopic (exact) mass is 432 g/mol. The third-order valence-corrected chi connectivity index (χ3v) is 6.76. The van der Waals surface area contributed by atoms with Crippen LogP contribution in [0.5, 0.6) is 0 Å². The largest absolute Gasteiger partial charge is 0.461 e. The van der Waals surface area contributed by atoms with E-state index in [1.165, 1.54) is 18.2 Å². The minimum atomic E-state index is -4.26. The number of carbonyl (C=O) groups excluding carboxylic acids is 2. The number of urea groups is 1. The first kappa shape index (κ1) is 20.4. The first-order chi connectivity index (χ1) is 14.3. The van der Waals surface area contributed by atoms with Crippen molar-refractivity contribution in [3.8, 4) is 0 Å². The van der Waals surface area contributed by atoms with E-state index in [0.29, 0.717) is 0 Å². The second-order valence-electron chi connectivity index (χ2n) is 7.51. The van der Waals surface area contributed by atoms with Crippen LogP contribution in [0.15, 0.2) is 17.2 Å². The maximum atomic E-state index is 12.6. The van der Waals surface area contributed by atoms with E-state index in [9.17, 15) is 18.0 Å². The molecule has 9 nitrogen and oxygen atoms in total. The van der Waals surface area contributed by atoms with Gasteiger partial charge in [0, 0.05) is 18.8 Å². The third-order valence-electron chi connectivity index (χ3n) is 5.56. The Bertz CT molecular complexity index is 1100. The zero-order valence-corrected chi connectivity index (χ0v) is 17.8. The molecule has 1 aromatic heterocycles. The van der Waals surface area contributed by atoms with Crippen molar-refractivity contribution in [2.24, 2.45) is 7.05 Å². The third kappa shape index (κ3) is 3.67. The van der Waals surface area contributed by atoms with Gasteiger partial charge in [-0.15, -0.1) is 0 Å². The van der Waals surface area contributed by atoms with Gasteiger partial charge in [0.05, 0.1) is 6.61 Å². The van der Waals surface area contributed by atoms with Crippen molar-refractivity contribution in [2.45, 2.75) is 50.5 Å². The molecule has 0 radical (unpaired) electrons. The van der Waals surface area contributed by atoms with Gasteiger partial charge in [0.15, 0.2) is 5.03 Å². The van der Waals surface area contributed by atoms with E-state index in [2.05, 4.69) is 16.5 Å². The van der Waals surface area contributed by atoms with Gasteiger partial charge in [-0.05, 0) is 67.7 Å². The van der Waals surface area contributed by atoms with Crippen LogP contribution in [0, 0.1) is 0 Å². The first-order valence-corrected chi connectivity index (χ1v) is 11.5. The maximum absolute atomic E-state index is 12.6. The lowest BCUT2D eigenvalue weighted by atomic mass is 9.99. The number of carbonyl (C=O) groups is 2. The van der Waals surface area contributed by atoms with Crippen LogP contribution >= 0.6 is 0 Å². The van der Waals surface area contributed by atoms with E-state index in [1.54, 1.807) is 6.92 Å². The van der Waals surface area contributed by atoms with Crippen molar-refractivity contribution in [3.63, 3.8) is 0 Å². The Morgan fingerprint density at radius 2 is 1.73 bits per heavy atom. The summed E-state index contributed by atoms with van der Waals surface area (Å²) in [6.45, 7) is 1.80. The summed E-state index contributed by atoms with van der Waals surface area (Å²) in [6, 6.07) is 2.48. The molecule has 10 heteroatoms. The summed E-state index contributed by atoms with van der Waals surface area (Å²) >= 11 is 0. The van der Waals surface area contributed by atoms with Gasteiger partial charge in [-0.2, -0.15) is 13.5 Å². The lowest BCUT2D eigenvalue weighted by Crippen LogP contribution is -2.35. The average Bonchev–Trinajstić information content (AvgIpc) is 3.40. The fourth-order valence-electron chi connectivity index (χ4n) is 4.25. The number of aryl methyl sites for hydroxylation is 3. The predicted octanol–water partition coefficient (Wildman–Crippen LogP) is 2.08. The van der Waals surface area contributed by atoms with E-state index in [0.717, 1.165) is 66.1 Å². The van der Waals surface area contributed by atoms with E-state index < -0.39 is 27.0 Å². The lowest BCUT2D eigenvalue weighted by Gasteiger charge is -2.16. The number of anilines is 1. The summed E-state index contributed by atoms with van der Waals surface area (Å²) in [5, 5.41) is 6.20. The van der Waals surface area contributed by atoms with E-state index in [1.807, 2.05) is 4.72 Å². The van der Waals surface area contributed by atoms with Crippen molar-refractivity contribution in [1.82, 2.24) is 14.5 Å². The Kier molecular flexibility index (Phi) is 5.27. The standard InChI is InChI=1S/C20H24N4O5S/c1-3-29-19(25)16-11-17(22-24(16)2)30(27,28)23-20(26)21-18-14-8-4-6-12(14)10-13-7-5-9-15(13)18/h10-11H,3-9H2,1-2H3,(H2,21,23,26). The van der Waals surface area contributed by atoms with Crippen molar-refractivity contribution in [3.05, 3.63) is 40.1 Å². The molecule has 0 fully saturated rings. The van der Waals surface area contributed by atoms with Gasteiger partial charge in [0.25, 0.3) is 10.0 Å². The Morgan fingerprint density at radius 3 is 2.33 bits per heavy atom. The molecule has 160 valence electrons. The molecule has 0 saturated carbocycles. The minimum Gasteiger partial charge on any atom is -0.461 e. The fourth-order valence-corrected chi connectivity index (χ4v) is 5.15. The molecule has 0 saturated heterocycles. The van der Waals surface area contributed by atoms with Crippen LogP contribution in [0.2, 0.25) is 0 Å². The minimum absolute atomic E-state index is 0.0173. The molecule has 0 bridgehead atoms. The SMILES string of the molecule is CCOC(=O)c1cc(S(=O)(=O)NC(=O)Nc2c3c(cc4c2CCC4)CCC3)nn1C. The van der Waals surface area contributed by atoms with Gasteiger partial charge in [-0.1, -0.05) is 6.07 Å². The Balaban J connectivity index is 1.55. The second-order valence-corrected chi connectivity index (χ2v) is 9.13. The zero-order valence-electron chi connectivity index (χ0n) is 16.9. The van der Waals surface area contributed by atoms with Crippen LogP contribution in [0.25, 0.3) is 0 Å². The fraction of sp³-hybridized carbons (Fsp3) is 0.450. The number of aromatic nitrogens is 2.